The molecule has 1 saturated heterocycles. The van der Waals surface area contributed by atoms with Crippen molar-refractivity contribution in [2.24, 2.45) is 0 Å². The van der Waals surface area contributed by atoms with E-state index in [1.54, 1.807) is 4.90 Å². The lowest BCUT2D eigenvalue weighted by atomic mass is 10.2. The highest BCUT2D eigenvalue weighted by atomic mass is 16.2. The monoisotopic (exact) mass is 234 g/mol. The number of carbonyl (C=O) groups is 1. The molecule has 5 heteroatoms. The molecule has 1 aromatic rings. The van der Waals surface area contributed by atoms with E-state index in [2.05, 4.69) is 16.9 Å². The number of nitrogens with zero attached hydrogens (tertiary/aromatic N) is 4. The fourth-order valence-corrected chi connectivity index (χ4v) is 1.86. The predicted octanol–water partition coefficient (Wildman–Crippen LogP) is 0.707. The van der Waals surface area contributed by atoms with Gasteiger partial charge in [0.1, 0.15) is 0 Å². The first-order valence-corrected chi connectivity index (χ1v) is 6.00. The number of hydrogen-bond donors (Lipinski definition) is 0. The summed E-state index contributed by atoms with van der Waals surface area (Å²) in [7, 11) is 1.82. The smallest absolute Gasteiger partial charge is 0.242 e. The van der Waals surface area contributed by atoms with Crippen molar-refractivity contribution < 1.29 is 4.79 Å². The summed E-state index contributed by atoms with van der Waals surface area (Å²) in [6, 6.07) is 0. The van der Waals surface area contributed by atoms with Gasteiger partial charge in [-0.2, -0.15) is 0 Å². The molecule has 0 atom stereocenters. The maximum Gasteiger partial charge on any atom is 0.242 e. The first-order valence-electron chi connectivity index (χ1n) is 6.00. The molecule has 2 rings (SSSR count). The third kappa shape index (κ3) is 2.72. The lowest BCUT2D eigenvalue weighted by Gasteiger charge is -2.31. The molecule has 0 radical (unpaired) electrons. The second-order valence-corrected chi connectivity index (χ2v) is 4.38. The van der Waals surface area contributed by atoms with Crippen LogP contribution in [0.5, 0.6) is 0 Å². The summed E-state index contributed by atoms with van der Waals surface area (Å²) < 4.78 is 0. The molecule has 0 N–H and O–H groups in total. The molecular weight excluding hydrogens is 216 g/mol. The molecule has 0 saturated carbocycles. The normalized spacial score (nSPS) is 16.5. The van der Waals surface area contributed by atoms with Gasteiger partial charge in [0.15, 0.2) is 0 Å². The molecule has 0 spiro atoms. The van der Waals surface area contributed by atoms with Crippen molar-refractivity contribution in [1.29, 1.82) is 0 Å². The molecule has 2 heterocycles. The summed E-state index contributed by atoms with van der Waals surface area (Å²) in [5.41, 5.74) is 1.15. The Bertz CT molecular complexity index is 390. The topological polar surface area (TPSA) is 49.3 Å². The zero-order valence-corrected chi connectivity index (χ0v) is 10.4. The van der Waals surface area contributed by atoms with E-state index in [-0.39, 0.29) is 5.91 Å². The van der Waals surface area contributed by atoms with E-state index in [0.717, 1.165) is 31.5 Å². The number of aryl methyl sites for hydroxylation is 1. The average Bonchev–Trinajstić information content (AvgIpc) is 2.34. The van der Waals surface area contributed by atoms with Crippen LogP contribution in [0.25, 0.3) is 0 Å². The number of rotatable bonds is 3. The minimum absolute atomic E-state index is 0.123. The van der Waals surface area contributed by atoms with Crippen LogP contribution in [0.1, 0.15) is 18.9 Å². The van der Waals surface area contributed by atoms with Crippen molar-refractivity contribution in [2.75, 3.05) is 31.6 Å². The predicted molar refractivity (Wildman–Crippen MR) is 65.9 cm³/mol. The summed E-state index contributed by atoms with van der Waals surface area (Å²) in [5.74, 6) is 0.781. The van der Waals surface area contributed by atoms with E-state index in [1.807, 2.05) is 24.3 Å². The van der Waals surface area contributed by atoms with E-state index in [4.69, 9.17) is 0 Å². The van der Waals surface area contributed by atoms with Gasteiger partial charge in [-0.15, -0.1) is 0 Å². The molecule has 1 amide bonds. The lowest BCUT2D eigenvalue weighted by Crippen LogP contribution is -2.49. The Morgan fingerprint density at radius 2 is 2.00 bits per heavy atom. The van der Waals surface area contributed by atoms with Crippen LogP contribution >= 0.6 is 0 Å². The highest BCUT2D eigenvalue weighted by Crippen LogP contribution is 2.11. The van der Waals surface area contributed by atoms with Crippen molar-refractivity contribution >= 4 is 11.9 Å². The number of hydrogen-bond acceptors (Lipinski definition) is 4. The van der Waals surface area contributed by atoms with Crippen LogP contribution in [0.2, 0.25) is 0 Å². The second-order valence-electron chi connectivity index (χ2n) is 4.38. The zero-order valence-electron chi connectivity index (χ0n) is 10.4. The van der Waals surface area contributed by atoms with E-state index >= 15 is 0 Å². The van der Waals surface area contributed by atoms with E-state index in [0.29, 0.717) is 12.5 Å². The minimum Gasteiger partial charge on any atom is -0.342 e. The molecular formula is C12H18N4O. The number of anilines is 1. The van der Waals surface area contributed by atoms with Crippen molar-refractivity contribution in [3.05, 3.63) is 18.0 Å². The zero-order chi connectivity index (χ0) is 12.3. The van der Waals surface area contributed by atoms with Crippen LogP contribution in [-0.4, -0.2) is 47.5 Å². The maximum absolute atomic E-state index is 11.6. The van der Waals surface area contributed by atoms with Crippen LogP contribution in [0.3, 0.4) is 0 Å². The Kier molecular flexibility index (Phi) is 3.56. The summed E-state index contributed by atoms with van der Waals surface area (Å²) in [5, 5.41) is 0. The van der Waals surface area contributed by atoms with Crippen molar-refractivity contribution in [2.45, 2.75) is 19.8 Å². The third-order valence-electron chi connectivity index (χ3n) is 2.97. The molecule has 0 bridgehead atoms. The van der Waals surface area contributed by atoms with Crippen LogP contribution in [0.4, 0.5) is 5.95 Å². The molecule has 0 aliphatic carbocycles. The fraction of sp³-hybridized carbons (Fsp3) is 0.583. The fourth-order valence-electron chi connectivity index (χ4n) is 1.86. The number of piperazine rings is 1. The van der Waals surface area contributed by atoms with Crippen LogP contribution in [-0.2, 0) is 11.2 Å². The Morgan fingerprint density at radius 1 is 1.29 bits per heavy atom. The van der Waals surface area contributed by atoms with Gasteiger partial charge in [0, 0.05) is 32.5 Å². The second kappa shape index (κ2) is 5.12. The highest BCUT2D eigenvalue weighted by molar-refractivity contribution is 5.81. The SMILES string of the molecule is CCCc1cnc(N2CCN(C)C(=O)C2)nc1. The summed E-state index contributed by atoms with van der Waals surface area (Å²) >= 11 is 0. The number of amides is 1. The standard InChI is InChI=1S/C12H18N4O/c1-3-4-10-7-13-12(14-8-10)16-6-5-15(2)11(17)9-16/h7-8H,3-6,9H2,1-2H3. The van der Waals surface area contributed by atoms with Gasteiger partial charge < -0.3 is 9.80 Å². The third-order valence-corrected chi connectivity index (χ3v) is 2.97. The molecule has 5 nitrogen and oxygen atoms in total. The van der Waals surface area contributed by atoms with Gasteiger partial charge in [0.2, 0.25) is 11.9 Å². The van der Waals surface area contributed by atoms with Crippen molar-refractivity contribution in [3.63, 3.8) is 0 Å². The molecule has 1 aliphatic rings. The van der Waals surface area contributed by atoms with E-state index in [1.165, 1.54) is 0 Å². The average molecular weight is 234 g/mol. The molecule has 1 aliphatic heterocycles. The molecule has 0 aromatic carbocycles. The maximum atomic E-state index is 11.6. The van der Waals surface area contributed by atoms with Gasteiger partial charge in [0.05, 0.1) is 6.54 Å². The Labute approximate surface area is 101 Å². The van der Waals surface area contributed by atoms with Gasteiger partial charge in [-0.1, -0.05) is 13.3 Å². The van der Waals surface area contributed by atoms with Crippen LogP contribution in [0.15, 0.2) is 12.4 Å². The molecule has 1 aromatic heterocycles. The minimum atomic E-state index is 0.123. The van der Waals surface area contributed by atoms with Crippen molar-refractivity contribution in [1.82, 2.24) is 14.9 Å². The van der Waals surface area contributed by atoms with Gasteiger partial charge in [-0.25, -0.2) is 9.97 Å². The molecule has 0 unspecified atom stereocenters. The first-order chi connectivity index (χ1) is 8.20. The quantitative estimate of drug-likeness (QED) is 0.772. The molecule has 1 fully saturated rings. The largest absolute Gasteiger partial charge is 0.342 e. The van der Waals surface area contributed by atoms with E-state index in [9.17, 15) is 4.79 Å². The Hall–Kier alpha value is -1.65. The Morgan fingerprint density at radius 3 is 2.59 bits per heavy atom. The summed E-state index contributed by atoms with van der Waals surface area (Å²) in [4.78, 5) is 23.9. The lowest BCUT2D eigenvalue weighted by molar-refractivity contribution is -0.129. The van der Waals surface area contributed by atoms with Crippen LogP contribution < -0.4 is 4.90 Å². The van der Waals surface area contributed by atoms with Gasteiger partial charge in [0.25, 0.3) is 0 Å². The number of carbonyl (C=O) groups excluding carboxylic acids is 1. The molecule has 17 heavy (non-hydrogen) atoms. The number of aromatic nitrogens is 2. The van der Waals surface area contributed by atoms with Crippen molar-refractivity contribution in [3.8, 4) is 0 Å². The Balaban J connectivity index is 2.05. The molecule has 92 valence electrons. The van der Waals surface area contributed by atoms with Gasteiger partial charge in [-0.3, -0.25) is 4.79 Å². The van der Waals surface area contributed by atoms with Gasteiger partial charge >= 0.3 is 0 Å². The number of likely N-dealkylation sites (N-methyl/N-ethyl adjacent to an activating group) is 1. The van der Waals surface area contributed by atoms with E-state index < -0.39 is 0 Å². The summed E-state index contributed by atoms with van der Waals surface area (Å²) in [6.45, 7) is 4.05. The summed E-state index contributed by atoms with van der Waals surface area (Å²) in [6.07, 6.45) is 5.81. The van der Waals surface area contributed by atoms with Gasteiger partial charge in [-0.05, 0) is 12.0 Å². The highest BCUT2D eigenvalue weighted by Gasteiger charge is 2.22. The van der Waals surface area contributed by atoms with Crippen LogP contribution in [0, 0.1) is 0 Å². The first kappa shape index (κ1) is 11.8.